The number of likely N-dealkylation sites (N-methyl/N-ethyl adjacent to an activating group) is 1. The first-order chi connectivity index (χ1) is 10.4. The molecule has 1 aromatic carbocycles. The highest BCUT2D eigenvalue weighted by atomic mass is 32.1. The largest absolute Gasteiger partial charge is 0.358 e. The number of rotatable bonds is 3. The van der Waals surface area contributed by atoms with Gasteiger partial charge < -0.3 is 15.5 Å². The predicted molar refractivity (Wildman–Crippen MR) is 85.4 cm³/mol. The third-order valence-corrected chi connectivity index (χ3v) is 4.17. The van der Waals surface area contributed by atoms with E-state index in [1.165, 1.54) is 6.42 Å². The van der Waals surface area contributed by atoms with Gasteiger partial charge in [0.05, 0.1) is 0 Å². The Morgan fingerprint density at radius 2 is 1.73 bits per heavy atom. The van der Waals surface area contributed by atoms with Crippen molar-refractivity contribution in [2.45, 2.75) is 37.8 Å². The molecule has 0 amide bonds. The van der Waals surface area contributed by atoms with Crippen LogP contribution in [0.25, 0.3) is 0 Å². The molecule has 122 valence electrons. The second kappa shape index (κ2) is 7.28. The molecule has 2 atom stereocenters. The van der Waals surface area contributed by atoms with Crippen molar-refractivity contribution in [1.29, 1.82) is 0 Å². The average molecular weight is 331 g/mol. The lowest BCUT2D eigenvalue weighted by Crippen LogP contribution is -2.52. The van der Waals surface area contributed by atoms with Crippen LogP contribution in [0.1, 0.15) is 25.7 Å². The van der Waals surface area contributed by atoms with Gasteiger partial charge in [-0.05, 0) is 39.2 Å². The van der Waals surface area contributed by atoms with Gasteiger partial charge in [-0.1, -0.05) is 12.8 Å². The van der Waals surface area contributed by atoms with Gasteiger partial charge in [-0.15, -0.1) is 0 Å². The quantitative estimate of drug-likeness (QED) is 0.657. The van der Waals surface area contributed by atoms with Crippen LogP contribution in [-0.2, 0) is 0 Å². The maximum atomic E-state index is 13.2. The number of anilines is 1. The molecule has 1 aliphatic carbocycles. The molecule has 22 heavy (non-hydrogen) atoms. The molecule has 1 aromatic rings. The average Bonchev–Trinajstić information content (AvgIpc) is 2.44. The number of hydrogen-bond donors (Lipinski definition) is 2. The summed E-state index contributed by atoms with van der Waals surface area (Å²) in [6, 6.07) is 2.31. The van der Waals surface area contributed by atoms with Crippen LogP contribution in [0.15, 0.2) is 12.1 Å². The molecule has 0 radical (unpaired) electrons. The van der Waals surface area contributed by atoms with E-state index in [0.29, 0.717) is 6.04 Å². The Morgan fingerprint density at radius 3 is 2.32 bits per heavy atom. The summed E-state index contributed by atoms with van der Waals surface area (Å²) in [5, 5.41) is 6.19. The van der Waals surface area contributed by atoms with E-state index in [1.54, 1.807) is 0 Å². The van der Waals surface area contributed by atoms with Gasteiger partial charge in [0.1, 0.15) is 0 Å². The zero-order chi connectivity index (χ0) is 16.3. The monoisotopic (exact) mass is 331 g/mol. The zero-order valence-electron chi connectivity index (χ0n) is 12.6. The standard InChI is InChI=1S/C15H20F3N3S/c1-21(2)13-6-4-3-5-12(13)20-15(22)19-9-7-10(16)14(18)11(17)8-9/h7-8,12-13H,3-6H2,1-2H3,(H2,19,20,22). The van der Waals surface area contributed by atoms with Gasteiger partial charge in [-0.3, -0.25) is 0 Å². The summed E-state index contributed by atoms with van der Waals surface area (Å²) in [6.07, 6.45) is 4.35. The molecule has 2 unspecified atom stereocenters. The van der Waals surface area contributed by atoms with Gasteiger partial charge in [0.2, 0.25) is 0 Å². The van der Waals surface area contributed by atoms with E-state index in [9.17, 15) is 13.2 Å². The van der Waals surface area contributed by atoms with Crippen molar-refractivity contribution in [1.82, 2.24) is 10.2 Å². The summed E-state index contributed by atoms with van der Waals surface area (Å²) in [5.74, 6) is -3.97. The number of benzene rings is 1. The number of nitrogens with zero attached hydrogens (tertiary/aromatic N) is 1. The highest BCUT2D eigenvalue weighted by molar-refractivity contribution is 7.80. The molecule has 1 fully saturated rings. The van der Waals surface area contributed by atoms with E-state index < -0.39 is 17.5 Å². The molecule has 7 heteroatoms. The fraction of sp³-hybridized carbons (Fsp3) is 0.533. The number of halogens is 3. The molecule has 1 saturated carbocycles. The molecular formula is C15H20F3N3S. The molecular weight excluding hydrogens is 311 g/mol. The summed E-state index contributed by atoms with van der Waals surface area (Å²) in [6.45, 7) is 0. The van der Waals surface area contributed by atoms with Gasteiger partial charge >= 0.3 is 0 Å². The van der Waals surface area contributed by atoms with Crippen LogP contribution >= 0.6 is 12.2 Å². The minimum atomic E-state index is -1.48. The highest BCUT2D eigenvalue weighted by Gasteiger charge is 2.27. The number of hydrogen-bond acceptors (Lipinski definition) is 2. The Labute approximate surface area is 133 Å². The Morgan fingerprint density at radius 1 is 1.14 bits per heavy atom. The van der Waals surface area contributed by atoms with Crippen molar-refractivity contribution in [3.8, 4) is 0 Å². The topological polar surface area (TPSA) is 27.3 Å². The van der Waals surface area contributed by atoms with Gasteiger partial charge in [0.15, 0.2) is 22.6 Å². The molecule has 2 N–H and O–H groups in total. The second-order valence-electron chi connectivity index (χ2n) is 5.77. The lowest BCUT2D eigenvalue weighted by atomic mass is 9.90. The Balaban J connectivity index is 2.00. The maximum Gasteiger partial charge on any atom is 0.194 e. The molecule has 0 bridgehead atoms. The number of nitrogens with one attached hydrogen (secondary N) is 2. The molecule has 0 aromatic heterocycles. The van der Waals surface area contributed by atoms with E-state index >= 15 is 0 Å². The SMILES string of the molecule is CN(C)C1CCCCC1NC(=S)Nc1cc(F)c(F)c(F)c1. The molecule has 2 rings (SSSR count). The van der Waals surface area contributed by atoms with Crippen molar-refractivity contribution in [2.75, 3.05) is 19.4 Å². The van der Waals surface area contributed by atoms with Crippen LogP contribution < -0.4 is 10.6 Å². The normalized spacial score (nSPS) is 21.7. The molecule has 0 aliphatic heterocycles. The smallest absolute Gasteiger partial charge is 0.194 e. The van der Waals surface area contributed by atoms with E-state index in [-0.39, 0.29) is 16.8 Å². The Kier molecular flexibility index (Phi) is 5.63. The highest BCUT2D eigenvalue weighted by Crippen LogP contribution is 2.22. The predicted octanol–water partition coefficient (Wildman–Crippen LogP) is 3.26. The van der Waals surface area contributed by atoms with Crippen LogP contribution in [0.2, 0.25) is 0 Å². The van der Waals surface area contributed by atoms with Crippen LogP contribution in [0.3, 0.4) is 0 Å². The third-order valence-electron chi connectivity index (χ3n) is 3.95. The van der Waals surface area contributed by atoms with Crippen molar-refractivity contribution >= 4 is 23.0 Å². The second-order valence-corrected chi connectivity index (χ2v) is 6.18. The van der Waals surface area contributed by atoms with Crippen molar-refractivity contribution in [3.05, 3.63) is 29.6 Å². The summed E-state index contributed by atoms with van der Waals surface area (Å²) in [5.41, 5.74) is 0.0890. The first kappa shape index (κ1) is 17.0. The summed E-state index contributed by atoms with van der Waals surface area (Å²) < 4.78 is 39.3. The van der Waals surface area contributed by atoms with Crippen LogP contribution in [-0.4, -0.2) is 36.2 Å². The van der Waals surface area contributed by atoms with Gasteiger partial charge in [0, 0.05) is 29.9 Å². The molecule has 0 spiro atoms. The zero-order valence-corrected chi connectivity index (χ0v) is 13.4. The molecule has 0 saturated heterocycles. The summed E-state index contributed by atoms with van der Waals surface area (Å²) in [4.78, 5) is 2.15. The fourth-order valence-electron chi connectivity index (χ4n) is 2.86. The Hall–Kier alpha value is -1.34. The van der Waals surface area contributed by atoms with Crippen molar-refractivity contribution in [2.24, 2.45) is 0 Å². The minimum absolute atomic E-state index is 0.0890. The van der Waals surface area contributed by atoms with Gasteiger partial charge in [-0.25, -0.2) is 13.2 Å². The lowest BCUT2D eigenvalue weighted by Gasteiger charge is -2.37. The molecule has 3 nitrogen and oxygen atoms in total. The van der Waals surface area contributed by atoms with Crippen LogP contribution in [0, 0.1) is 17.5 Å². The fourth-order valence-corrected chi connectivity index (χ4v) is 3.13. The van der Waals surface area contributed by atoms with E-state index in [2.05, 4.69) is 15.5 Å². The first-order valence-electron chi connectivity index (χ1n) is 7.27. The van der Waals surface area contributed by atoms with E-state index in [0.717, 1.165) is 31.4 Å². The molecule has 1 aliphatic rings. The molecule has 0 heterocycles. The summed E-state index contributed by atoms with van der Waals surface area (Å²) in [7, 11) is 4.04. The lowest BCUT2D eigenvalue weighted by molar-refractivity contribution is 0.190. The van der Waals surface area contributed by atoms with Gasteiger partial charge in [-0.2, -0.15) is 0 Å². The van der Waals surface area contributed by atoms with Crippen molar-refractivity contribution < 1.29 is 13.2 Å². The third kappa shape index (κ3) is 4.10. The van der Waals surface area contributed by atoms with Crippen LogP contribution in [0.5, 0.6) is 0 Å². The Bertz CT molecular complexity index is 528. The van der Waals surface area contributed by atoms with Gasteiger partial charge in [0.25, 0.3) is 0 Å². The van der Waals surface area contributed by atoms with Crippen molar-refractivity contribution in [3.63, 3.8) is 0 Å². The minimum Gasteiger partial charge on any atom is -0.358 e. The number of thiocarbonyl (C=S) groups is 1. The van der Waals surface area contributed by atoms with Crippen LogP contribution in [0.4, 0.5) is 18.9 Å². The first-order valence-corrected chi connectivity index (χ1v) is 7.68. The maximum absolute atomic E-state index is 13.2. The summed E-state index contributed by atoms with van der Waals surface area (Å²) >= 11 is 5.20. The van der Waals surface area contributed by atoms with E-state index in [1.807, 2.05) is 14.1 Å². The van der Waals surface area contributed by atoms with E-state index in [4.69, 9.17) is 12.2 Å².